The molecular formula is C33H43N3O4. The number of benzene rings is 2. The van der Waals surface area contributed by atoms with Crippen molar-refractivity contribution in [3.05, 3.63) is 70.8 Å². The second-order valence-corrected chi connectivity index (χ2v) is 12.3. The van der Waals surface area contributed by atoms with E-state index in [0.717, 1.165) is 49.7 Å². The van der Waals surface area contributed by atoms with Crippen molar-refractivity contribution >= 4 is 23.5 Å². The molecule has 2 aromatic rings. The van der Waals surface area contributed by atoms with Crippen LogP contribution < -0.4 is 5.32 Å². The lowest BCUT2D eigenvalue weighted by molar-refractivity contribution is -0.136. The Morgan fingerprint density at radius 3 is 2.25 bits per heavy atom. The number of aliphatic carboxylic acids is 1. The summed E-state index contributed by atoms with van der Waals surface area (Å²) < 4.78 is 0. The highest BCUT2D eigenvalue weighted by atomic mass is 16.4. The lowest BCUT2D eigenvalue weighted by atomic mass is 9.86. The number of nitrogens with zero attached hydrogens (tertiary/aromatic N) is 2. The van der Waals surface area contributed by atoms with Crippen molar-refractivity contribution in [2.45, 2.75) is 96.1 Å². The molecule has 1 spiro atoms. The minimum atomic E-state index is -0.945. The molecule has 0 saturated heterocycles. The number of hydrogen-bond donors (Lipinski definition) is 2. The van der Waals surface area contributed by atoms with Gasteiger partial charge in [0, 0.05) is 30.1 Å². The van der Waals surface area contributed by atoms with Gasteiger partial charge in [-0.2, -0.15) is 0 Å². The number of amides is 2. The molecule has 2 aliphatic rings. The molecule has 0 radical (unpaired) electrons. The molecule has 2 aromatic carbocycles. The average Bonchev–Trinajstić information content (AvgIpc) is 3.18. The van der Waals surface area contributed by atoms with Crippen molar-refractivity contribution in [2.75, 3.05) is 13.1 Å². The summed E-state index contributed by atoms with van der Waals surface area (Å²) in [5, 5.41) is 11.5. The van der Waals surface area contributed by atoms with E-state index in [9.17, 15) is 14.4 Å². The third kappa shape index (κ3) is 6.62. The first kappa shape index (κ1) is 29.5. The lowest BCUT2D eigenvalue weighted by Gasteiger charge is -2.41. The van der Waals surface area contributed by atoms with Gasteiger partial charge < -0.3 is 15.3 Å². The Bertz CT molecular complexity index is 1240. The largest absolute Gasteiger partial charge is 0.481 e. The molecule has 1 aliphatic heterocycles. The van der Waals surface area contributed by atoms with Crippen LogP contribution in [0.15, 0.2) is 53.5 Å². The average molecular weight is 546 g/mol. The Hall–Kier alpha value is -3.48. The van der Waals surface area contributed by atoms with Crippen LogP contribution in [0.1, 0.15) is 112 Å². The van der Waals surface area contributed by atoms with E-state index in [1.165, 1.54) is 12.0 Å². The first-order chi connectivity index (χ1) is 19.0. The van der Waals surface area contributed by atoms with Crippen molar-refractivity contribution in [3.8, 4) is 0 Å². The summed E-state index contributed by atoms with van der Waals surface area (Å²) in [6.45, 7) is 9.39. The van der Waals surface area contributed by atoms with E-state index in [4.69, 9.17) is 10.1 Å². The molecule has 2 N–H and O–H groups in total. The molecule has 1 fully saturated rings. The van der Waals surface area contributed by atoms with Crippen LogP contribution in [-0.4, -0.2) is 52.3 Å². The molecule has 0 bridgehead atoms. The minimum Gasteiger partial charge on any atom is -0.481 e. The summed E-state index contributed by atoms with van der Waals surface area (Å²) in [5.74, 6) is -1.10. The maximum absolute atomic E-state index is 14.0. The smallest absolute Gasteiger partial charge is 0.305 e. The van der Waals surface area contributed by atoms with Gasteiger partial charge in [0.05, 0.1) is 6.42 Å². The van der Waals surface area contributed by atoms with Crippen molar-refractivity contribution in [1.82, 2.24) is 10.2 Å². The van der Waals surface area contributed by atoms with Crippen LogP contribution >= 0.6 is 0 Å². The molecular weight excluding hydrogens is 502 g/mol. The van der Waals surface area contributed by atoms with E-state index in [-0.39, 0.29) is 36.1 Å². The molecule has 7 heteroatoms. The fourth-order valence-corrected chi connectivity index (χ4v) is 5.93. The van der Waals surface area contributed by atoms with Gasteiger partial charge in [-0.15, -0.1) is 0 Å². The molecule has 1 saturated carbocycles. The predicted molar refractivity (Wildman–Crippen MR) is 158 cm³/mol. The number of rotatable bonds is 10. The summed E-state index contributed by atoms with van der Waals surface area (Å²) in [6.07, 6.45) is 6.84. The van der Waals surface area contributed by atoms with Crippen LogP contribution in [-0.2, 0) is 15.0 Å². The van der Waals surface area contributed by atoms with Gasteiger partial charge in [-0.05, 0) is 60.8 Å². The van der Waals surface area contributed by atoms with E-state index in [0.29, 0.717) is 17.8 Å². The summed E-state index contributed by atoms with van der Waals surface area (Å²) in [4.78, 5) is 44.4. The molecule has 1 unspecified atom stereocenters. The van der Waals surface area contributed by atoms with Gasteiger partial charge in [-0.25, -0.2) is 0 Å². The quantitative estimate of drug-likeness (QED) is 0.379. The lowest BCUT2D eigenvalue weighted by Crippen LogP contribution is -2.49. The van der Waals surface area contributed by atoms with Crippen LogP contribution in [0.3, 0.4) is 0 Å². The number of carboxylic acids is 1. The standard InChI is InChI=1S/C33H43N3O4/c1-5-9-26(23-10-12-25(13-11-23)30(39)34-21-18-28(37)38)22-36-31(40)29(35-33(36)19-7-6-8-20-33)24-14-16-27(17-15-24)32(2,3)4/h10-17,26H,5-9,18-22H2,1-4H3,(H,34,39)(H,37,38). The third-order valence-electron chi connectivity index (χ3n) is 8.26. The first-order valence-corrected chi connectivity index (χ1v) is 14.7. The van der Waals surface area contributed by atoms with Crippen molar-refractivity contribution < 1.29 is 19.5 Å². The molecule has 2 amide bonds. The Balaban J connectivity index is 1.56. The number of carbonyl (C=O) groups is 3. The summed E-state index contributed by atoms with van der Waals surface area (Å²) in [6, 6.07) is 15.8. The molecule has 214 valence electrons. The fourth-order valence-electron chi connectivity index (χ4n) is 5.93. The highest BCUT2D eigenvalue weighted by Crippen LogP contribution is 2.41. The maximum atomic E-state index is 14.0. The second-order valence-electron chi connectivity index (χ2n) is 12.3. The van der Waals surface area contributed by atoms with Gasteiger partial charge in [-0.3, -0.25) is 19.4 Å². The molecule has 1 aliphatic carbocycles. The second kappa shape index (κ2) is 12.4. The van der Waals surface area contributed by atoms with Gasteiger partial charge in [-0.1, -0.05) is 76.9 Å². The fraction of sp³-hybridized carbons (Fsp3) is 0.515. The summed E-state index contributed by atoms with van der Waals surface area (Å²) in [5.41, 5.74) is 3.83. The third-order valence-corrected chi connectivity index (χ3v) is 8.26. The van der Waals surface area contributed by atoms with Crippen LogP contribution in [0.25, 0.3) is 0 Å². The van der Waals surface area contributed by atoms with Gasteiger partial charge >= 0.3 is 5.97 Å². The number of carboxylic acid groups (broad SMARTS) is 1. The van der Waals surface area contributed by atoms with Gasteiger partial charge in [0.15, 0.2) is 0 Å². The normalized spacial score (nSPS) is 17.6. The Labute approximate surface area is 238 Å². The molecule has 1 atom stereocenters. The van der Waals surface area contributed by atoms with Gasteiger partial charge in [0.2, 0.25) is 0 Å². The van der Waals surface area contributed by atoms with E-state index in [1.807, 2.05) is 29.2 Å². The number of carbonyl (C=O) groups excluding carboxylic acids is 2. The minimum absolute atomic E-state index is 0.0148. The van der Waals surface area contributed by atoms with Crippen LogP contribution in [0.4, 0.5) is 0 Å². The van der Waals surface area contributed by atoms with Gasteiger partial charge in [0.1, 0.15) is 11.4 Å². The van der Waals surface area contributed by atoms with E-state index in [1.54, 1.807) is 12.1 Å². The zero-order chi connectivity index (χ0) is 28.9. The van der Waals surface area contributed by atoms with E-state index in [2.05, 4.69) is 45.1 Å². The predicted octanol–water partition coefficient (Wildman–Crippen LogP) is 6.06. The van der Waals surface area contributed by atoms with E-state index >= 15 is 0 Å². The summed E-state index contributed by atoms with van der Waals surface area (Å²) >= 11 is 0. The Morgan fingerprint density at radius 2 is 1.68 bits per heavy atom. The molecule has 0 aromatic heterocycles. The highest BCUT2D eigenvalue weighted by Gasteiger charge is 2.48. The Morgan fingerprint density at radius 1 is 1.02 bits per heavy atom. The van der Waals surface area contributed by atoms with Crippen LogP contribution in [0.5, 0.6) is 0 Å². The molecule has 40 heavy (non-hydrogen) atoms. The van der Waals surface area contributed by atoms with E-state index < -0.39 is 11.6 Å². The summed E-state index contributed by atoms with van der Waals surface area (Å²) in [7, 11) is 0. The molecule has 1 heterocycles. The Kier molecular flexibility index (Phi) is 9.12. The van der Waals surface area contributed by atoms with Crippen LogP contribution in [0, 0.1) is 0 Å². The van der Waals surface area contributed by atoms with Gasteiger partial charge in [0.25, 0.3) is 11.8 Å². The number of hydrogen-bond acceptors (Lipinski definition) is 4. The SMILES string of the molecule is CCCC(CN1C(=O)C(c2ccc(C(C)(C)C)cc2)=NC12CCCCC2)c1ccc(C(=O)NCCC(=O)O)cc1. The number of nitrogens with one attached hydrogen (secondary N) is 1. The zero-order valence-electron chi connectivity index (χ0n) is 24.3. The highest BCUT2D eigenvalue weighted by molar-refractivity contribution is 6.46. The van der Waals surface area contributed by atoms with Crippen molar-refractivity contribution in [3.63, 3.8) is 0 Å². The first-order valence-electron chi connectivity index (χ1n) is 14.7. The number of aliphatic imine (C=N–C) groups is 1. The van der Waals surface area contributed by atoms with Crippen LogP contribution in [0.2, 0.25) is 0 Å². The monoisotopic (exact) mass is 545 g/mol. The topological polar surface area (TPSA) is 99.1 Å². The maximum Gasteiger partial charge on any atom is 0.305 e. The molecule has 7 nitrogen and oxygen atoms in total. The molecule has 4 rings (SSSR count). The van der Waals surface area contributed by atoms with Crippen molar-refractivity contribution in [2.24, 2.45) is 4.99 Å². The zero-order valence-corrected chi connectivity index (χ0v) is 24.3. The van der Waals surface area contributed by atoms with Crippen molar-refractivity contribution in [1.29, 1.82) is 0 Å².